The molecule has 1 amide bonds. The normalized spacial score (nSPS) is 19.0. The third kappa shape index (κ3) is 3.47. The summed E-state index contributed by atoms with van der Waals surface area (Å²) in [7, 11) is 4.03. The van der Waals surface area contributed by atoms with Crippen molar-refractivity contribution >= 4 is 17.3 Å². The van der Waals surface area contributed by atoms with Crippen LogP contribution < -0.4 is 15.5 Å². The van der Waals surface area contributed by atoms with Gasteiger partial charge in [-0.2, -0.15) is 0 Å². The second-order valence-corrected chi connectivity index (χ2v) is 5.43. The fraction of sp³-hybridized carbons (Fsp3) is 0.533. The van der Waals surface area contributed by atoms with Gasteiger partial charge in [0.25, 0.3) is 0 Å². The minimum absolute atomic E-state index is 0.0988. The van der Waals surface area contributed by atoms with Gasteiger partial charge < -0.3 is 15.5 Å². The lowest BCUT2D eigenvalue weighted by molar-refractivity contribution is -0.120. The van der Waals surface area contributed by atoms with E-state index in [2.05, 4.69) is 21.6 Å². The van der Waals surface area contributed by atoms with Gasteiger partial charge in [-0.15, -0.1) is 0 Å². The van der Waals surface area contributed by atoms with Gasteiger partial charge in [-0.25, -0.2) is 0 Å². The molecule has 1 saturated heterocycles. The van der Waals surface area contributed by atoms with Crippen molar-refractivity contribution in [3.8, 4) is 0 Å². The lowest BCUT2D eigenvalue weighted by atomic mass is 9.98. The Bertz CT molecular complexity index is 451. The topological polar surface area (TPSA) is 44.4 Å². The number of carbonyl (C=O) groups is 1. The highest BCUT2D eigenvalue weighted by Gasteiger charge is 2.21. The molecule has 1 heterocycles. The number of amides is 1. The minimum atomic E-state index is 0.0988. The fourth-order valence-corrected chi connectivity index (χ4v) is 2.38. The van der Waals surface area contributed by atoms with Crippen molar-refractivity contribution in [1.29, 1.82) is 0 Å². The third-order valence-electron chi connectivity index (χ3n) is 3.65. The van der Waals surface area contributed by atoms with Gasteiger partial charge in [-0.1, -0.05) is 0 Å². The molecule has 1 aromatic carbocycles. The van der Waals surface area contributed by atoms with Crippen molar-refractivity contribution in [2.45, 2.75) is 19.8 Å². The molecule has 4 heteroatoms. The number of nitrogens with one attached hydrogen (secondary N) is 2. The first-order chi connectivity index (χ1) is 9.08. The molecule has 2 N–H and O–H groups in total. The summed E-state index contributed by atoms with van der Waals surface area (Å²) in [6, 6.07) is 6.11. The van der Waals surface area contributed by atoms with Crippen LogP contribution in [-0.2, 0) is 4.79 Å². The van der Waals surface area contributed by atoms with E-state index < -0.39 is 0 Å². The first-order valence-corrected chi connectivity index (χ1v) is 6.87. The van der Waals surface area contributed by atoms with E-state index >= 15 is 0 Å². The van der Waals surface area contributed by atoms with Crippen LogP contribution in [0.5, 0.6) is 0 Å². The number of rotatable bonds is 3. The molecular formula is C15H23N3O. The molecule has 1 aromatic rings. The van der Waals surface area contributed by atoms with Gasteiger partial charge in [0, 0.05) is 32.0 Å². The molecule has 1 fully saturated rings. The highest BCUT2D eigenvalue weighted by Crippen LogP contribution is 2.22. The van der Waals surface area contributed by atoms with E-state index in [-0.39, 0.29) is 11.8 Å². The van der Waals surface area contributed by atoms with Crippen LogP contribution in [-0.4, -0.2) is 33.1 Å². The lowest BCUT2D eigenvalue weighted by Crippen LogP contribution is -2.37. The summed E-state index contributed by atoms with van der Waals surface area (Å²) in [5.74, 6) is 0.231. The maximum absolute atomic E-state index is 12.2. The van der Waals surface area contributed by atoms with Gasteiger partial charge in [-0.05, 0) is 50.1 Å². The molecule has 0 aliphatic carbocycles. The first-order valence-electron chi connectivity index (χ1n) is 6.87. The second-order valence-electron chi connectivity index (χ2n) is 5.43. The van der Waals surface area contributed by atoms with E-state index in [0.29, 0.717) is 0 Å². The van der Waals surface area contributed by atoms with E-state index in [1.54, 1.807) is 0 Å². The molecule has 4 nitrogen and oxygen atoms in total. The zero-order valence-electron chi connectivity index (χ0n) is 12.0. The van der Waals surface area contributed by atoms with Gasteiger partial charge in [0.15, 0.2) is 0 Å². The summed E-state index contributed by atoms with van der Waals surface area (Å²) in [6.07, 6.45) is 2.06. The van der Waals surface area contributed by atoms with E-state index in [4.69, 9.17) is 0 Å². The quantitative estimate of drug-likeness (QED) is 0.874. The Labute approximate surface area is 115 Å². The van der Waals surface area contributed by atoms with Crippen LogP contribution in [0.2, 0.25) is 0 Å². The van der Waals surface area contributed by atoms with Gasteiger partial charge in [-0.3, -0.25) is 4.79 Å². The largest absolute Gasteiger partial charge is 0.378 e. The van der Waals surface area contributed by atoms with Crippen molar-refractivity contribution < 1.29 is 4.79 Å². The molecule has 2 rings (SSSR count). The molecular weight excluding hydrogens is 238 g/mol. The Morgan fingerprint density at radius 2 is 2.21 bits per heavy atom. The summed E-state index contributed by atoms with van der Waals surface area (Å²) < 4.78 is 0. The Morgan fingerprint density at radius 1 is 1.42 bits per heavy atom. The van der Waals surface area contributed by atoms with Gasteiger partial charge in [0.05, 0.1) is 5.92 Å². The number of nitrogens with zero attached hydrogens (tertiary/aromatic N) is 1. The van der Waals surface area contributed by atoms with Crippen molar-refractivity contribution in [3.05, 3.63) is 23.8 Å². The van der Waals surface area contributed by atoms with Crippen molar-refractivity contribution in [1.82, 2.24) is 5.32 Å². The van der Waals surface area contributed by atoms with E-state index in [9.17, 15) is 4.79 Å². The fourth-order valence-electron chi connectivity index (χ4n) is 2.38. The monoisotopic (exact) mass is 261 g/mol. The standard InChI is InChI=1S/C15H23N3O/c1-11-9-13(18(2)3)6-7-14(11)17-15(19)12-5-4-8-16-10-12/h6-7,9,12,16H,4-5,8,10H2,1-3H3,(H,17,19). The highest BCUT2D eigenvalue weighted by atomic mass is 16.1. The van der Waals surface area contributed by atoms with E-state index in [0.717, 1.165) is 42.9 Å². The lowest BCUT2D eigenvalue weighted by Gasteiger charge is -2.22. The Morgan fingerprint density at radius 3 is 2.79 bits per heavy atom. The van der Waals surface area contributed by atoms with Crippen molar-refractivity contribution in [2.75, 3.05) is 37.4 Å². The second kappa shape index (κ2) is 6.06. The number of carbonyl (C=O) groups excluding carboxylic acids is 1. The summed E-state index contributed by atoms with van der Waals surface area (Å²) in [5, 5.41) is 6.32. The van der Waals surface area contributed by atoms with E-state index in [1.165, 1.54) is 0 Å². The Balaban J connectivity index is 2.04. The first kappa shape index (κ1) is 13.9. The SMILES string of the molecule is Cc1cc(N(C)C)ccc1NC(=O)C1CCCNC1. The molecule has 0 radical (unpaired) electrons. The van der Waals surface area contributed by atoms with Crippen molar-refractivity contribution in [3.63, 3.8) is 0 Å². The van der Waals surface area contributed by atoms with Gasteiger partial charge in [0.2, 0.25) is 5.91 Å². The summed E-state index contributed by atoms with van der Waals surface area (Å²) in [4.78, 5) is 14.2. The molecule has 1 aliphatic heterocycles. The zero-order valence-corrected chi connectivity index (χ0v) is 12.0. The van der Waals surface area contributed by atoms with E-state index in [1.807, 2.05) is 33.2 Å². The van der Waals surface area contributed by atoms with Gasteiger partial charge in [0.1, 0.15) is 0 Å². The Hall–Kier alpha value is -1.55. The predicted molar refractivity (Wildman–Crippen MR) is 79.7 cm³/mol. The van der Waals surface area contributed by atoms with Crippen molar-refractivity contribution in [2.24, 2.45) is 5.92 Å². The maximum Gasteiger partial charge on any atom is 0.228 e. The zero-order chi connectivity index (χ0) is 13.8. The molecule has 0 bridgehead atoms. The van der Waals surface area contributed by atoms with Crippen LogP contribution >= 0.6 is 0 Å². The molecule has 104 valence electrons. The smallest absolute Gasteiger partial charge is 0.228 e. The highest BCUT2D eigenvalue weighted by molar-refractivity contribution is 5.93. The molecule has 19 heavy (non-hydrogen) atoms. The third-order valence-corrected chi connectivity index (χ3v) is 3.65. The van der Waals surface area contributed by atoms with Crippen LogP contribution in [0.3, 0.4) is 0 Å². The molecule has 0 saturated carbocycles. The number of piperidine rings is 1. The molecule has 0 aromatic heterocycles. The van der Waals surface area contributed by atoms with Crippen LogP contribution in [0.1, 0.15) is 18.4 Å². The van der Waals surface area contributed by atoms with Gasteiger partial charge >= 0.3 is 0 Å². The minimum Gasteiger partial charge on any atom is -0.378 e. The summed E-state index contributed by atoms with van der Waals surface area (Å²) in [5.41, 5.74) is 3.17. The Kier molecular flexibility index (Phi) is 4.43. The predicted octanol–water partition coefficient (Wildman–Crippen LogP) is 2.00. The van der Waals surface area contributed by atoms with Crippen LogP contribution in [0.25, 0.3) is 0 Å². The van der Waals surface area contributed by atoms with Crippen LogP contribution in [0, 0.1) is 12.8 Å². The molecule has 1 unspecified atom stereocenters. The number of benzene rings is 1. The number of hydrogen-bond acceptors (Lipinski definition) is 3. The number of hydrogen-bond donors (Lipinski definition) is 2. The summed E-state index contributed by atoms with van der Waals surface area (Å²) in [6.45, 7) is 3.85. The number of aryl methyl sites for hydroxylation is 1. The average molecular weight is 261 g/mol. The molecule has 1 atom stereocenters. The molecule has 1 aliphatic rings. The summed E-state index contributed by atoms with van der Waals surface area (Å²) >= 11 is 0. The van der Waals surface area contributed by atoms with Crippen LogP contribution in [0.4, 0.5) is 11.4 Å². The van der Waals surface area contributed by atoms with Crippen LogP contribution in [0.15, 0.2) is 18.2 Å². The number of anilines is 2. The molecule has 0 spiro atoms. The average Bonchev–Trinajstić information content (AvgIpc) is 2.41. The maximum atomic E-state index is 12.2.